The molecule has 19 heavy (non-hydrogen) atoms. The van der Waals surface area contributed by atoms with Gasteiger partial charge in [-0.25, -0.2) is 0 Å². The summed E-state index contributed by atoms with van der Waals surface area (Å²) in [5, 5.41) is 9.10. The van der Waals surface area contributed by atoms with E-state index in [9.17, 15) is 4.79 Å². The van der Waals surface area contributed by atoms with E-state index in [0.717, 1.165) is 25.7 Å². The lowest BCUT2D eigenvalue weighted by molar-refractivity contribution is -0.123. The van der Waals surface area contributed by atoms with E-state index in [1.807, 2.05) is 6.07 Å². The van der Waals surface area contributed by atoms with Crippen molar-refractivity contribution in [3.63, 3.8) is 0 Å². The summed E-state index contributed by atoms with van der Waals surface area (Å²) in [6.45, 7) is 0. The molecule has 1 aromatic rings. The Labute approximate surface area is 113 Å². The molecule has 2 unspecified atom stereocenters. The van der Waals surface area contributed by atoms with Crippen LogP contribution in [-0.2, 0) is 4.79 Å². The molecule has 2 rings (SSSR count). The first-order valence-corrected chi connectivity index (χ1v) is 6.67. The van der Waals surface area contributed by atoms with Crippen LogP contribution in [0.25, 0.3) is 0 Å². The van der Waals surface area contributed by atoms with Crippen molar-refractivity contribution in [1.82, 2.24) is 0 Å². The first-order chi connectivity index (χ1) is 9.15. The predicted octanol–water partition coefficient (Wildman–Crippen LogP) is 2.04. The number of hydrogen-bond acceptors (Lipinski definition) is 3. The monoisotopic (exact) mass is 257 g/mol. The maximum Gasteiger partial charge on any atom is 0.231 e. The molecule has 0 radical (unpaired) electrons. The van der Waals surface area contributed by atoms with Gasteiger partial charge in [0.1, 0.15) is 6.07 Å². The molecular formula is C15H19N3O. The molecule has 1 aliphatic carbocycles. The number of nitriles is 1. The second-order valence-electron chi connectivity index (χ2n) is 5.08. The first-order valence-electron chi connectivity index (χ1n) is 6.67. The fourth-order valence-corrected chi connectivity index (χ4v) is 2.69. The molecule has 0 heterocycles. The lowest BCUT2D eigenvalue weighted by atomic mass is 9.84. The highest BCUT2D eigenvalue weighted by atomic mass is 16.2. The molecule has 1 amide bonds. The van der Waals surface area contributed by atoms with Crippen LogP contribution < -0.4 is 10.6 Å². The fraction of sp³-hybridized carbons (Fsp3) is 0.467. The van der Waals surface area contributed by atoms with Gasteiger partial charge >= 0.3 is 0 Å². The van der Waals surface area contributed by atoms with Crippen LogP contribution in [0.2, 0.25) is 0 Å². The fourth-order valence-electron chi connectivity index (χ4n) is 2.69. The summed E-state index contributed by atoms with van der Waals surface area (Å²) in [4.78, 5) is 14.1. The van der Waals surface area contributed by atoms with Gasteiger partial charge in [-0.1, -0.05) is 25.0 Å². The smallest absolute Gasteiger partial charge is 0.231 e. The molecule has 0 aliphatic heterocycles. The van der Waals surface area contributed by atoms with Gasteiger partial charge in [0, 0.05) is 13.1 Å². The Bertz CT molecular complexity index is 506. The Morgan fingerprint density at radius 3 is 2.74 bits per heavy atom. The van der Waals surface area contributed by atoms with Crippen molar-refractivity contribution in [2.45, 2.75) is 31.7 Å². The Balaban J connectivity index is 2.21. The maximum absolute atomic E-state index is 12.5. The number of carbonyl (C=O) groups is 1. The third kappa shape index (κ3) is 2.77. The summed E-state index contributed by atoms with van der Waals surface area (Å²) in [6.07, 6.45) is 3.91. The molecule has 0 saturated heterocycles. The highest BCUT2D eigenvalue weighted by Crippen LogP contribution is 2.27. The van der Waals surface area contributed by atoms with Gasteiger partial charge in [0.05, 0.1) is 17.2 Å². The molecule has 100 valence electrons. The Kier molecular flexibility index (Phi) is 4.18. The zero-order chi connectivity index (χ0) is 13.8. The lowest BCUT2D eigenvalue weighted by Gasteiger charge is -2.31. The average molecular weight is 257 g/mol. The molecule has 0 spiro atoms. The standard InChI is InChI=1S/C15H19N3O/c1-18(14-9-5-2-6-11(14)10-16)15(19)12-7-3-4-8-13(12)17/h2,5-6,9,12-13H,3-4,7-8,17H2,1H3. The van der Waals surface area contributed by atoms with E-state index in [4.69, 9.17) is 11.0 Å². The zero-order valence-electron chi connectivity index (χ0n) is 11.2. The zero-order valence-corrected chi connectivity index (χ0v) is 11.2. The van der Waals surface area contributed by atoms with Crippen LogP contribution in [0.3, 0.4) is 0 Å². The normalized spacial score (nSPS) is 22.6. The van der Waals surface area contributed by atoms with Gasteiger partial charge in [0.2, 0.25) is 5.91 Å². The van der Waals surface area contributed by atoms with E-state index in [0.29, 0.717) is 11.3 Å². The molecule has 4 nitrogen and oxygen atoms in total. The van der Waals surface area contributed by atoms with Crippen molar-refractivity contribution in [3.05, 3.63) is 29.8 Å². The highest BCUT2D eigenvalue weighted by molar-refractivity contribution is 5.96. The van der Waals surface area contributed by atoms with E-state index in [1.54, 1.807) is 30.1 Å². The van der Waals surface area contributed by atoms with Crippen molar-refractivity contribution in [2.75, 3.05) is 11.9 Å². The third-order valence-corrected chi connectivity index (χ3v) is 3.85. The number of para-hydroxylation sites is 1. The second kappa shape index (κ2) is 5.85. The number of benzene rings is 1. The van der Waals surface area contributed by atoms with Crippen molar-refractivity contribution >= 4 is 11.6 Å². The number of nitrogens with two attached hydrogens (primary N) is 1. The molecule has 4 heteroatoms. The van der Waals surface area contributed by atoms with Gasteiger partial charge in [-0.05, 0) is 25.0 Å². The quantitative estimate of drug-likeness (QED) is 0.881. The number of hydrogen-bond donors (Lipinski definition) is 1. The minimum Gasteiger partial charge on any atom is -0.327 e. The molecule has 1 aromatic carbocycles. The molecule has 2 N–H and O–H groups in total. The summed E-state index contributed by atoms with van der Waals surface area (Å²) < 4.78 is 0. The summed E-state index contributed by atoms with van der Waals surface area (Å²) >= 11 is 0. The molecule has 2 atom stereocenters. The Morgan fingerprint density at radius 1 is 1.37 bits per heavy atom. The summed E-state index contributed by atoms with van der Waals surface area (Å²) in [6, 6.07) is 9.21. The number of nitrogens with zero attached hydrogens (tertiary/aromatic N) is 2. The third-order valence-electron chi connectivity index (χ3n) is 3.85. The number of anilines is 1. The van der Waals surface area contributed by atoms with Crippen LogP contribution in [0.1, 0.15) is 31.2 Å². The summed E-state index contributed by atoms with van der Waals surface area (Å²) in [5.41, 5.74) is 7.23. The highest BCUT2D eigenvalue weighted by Gasteiger charge is 2.31. The van der Waals surface area contributed by atoms with E-state index >= 15 is 0 Å². The van der Waals surface area contributed by atoms with E-state index in [2.05, 4.69) is 6.07 Å². The topological polar surface area (TPSA) is 70.1 Å². The Morgan fingerprint density at radius 2 is 2.05 bits per heavy atom. The second-order valence-corrected chi connectivity index (χ2v) is 5.08. The van der Waals surface area contributed by atoms with Crippen LogP contribution in [0, 0.1) is 17.2 Å². The SMILES string of the molecule is CN(C(=O)C1CCCCC1N)c1ccccc1C#N. The van der Waals surface area contributed by atoms with Gasteiger partial charge in [0.25, 0.3) is 0 Å². The van der Waals surface area contributed by atoms with E-state index < -0.39 is 0 Å². The molecule has 1 fully saturated rings. The molecule has 0 aromatic heterocycles. The molecule has 1 aliphatic rings. The van der Waals surface area contributed by atoms with Crippen LogP contribution >= 0.6 is 0 Å². The van der Waals surface area contributed by atoms with Crippen LogP contribution in [-0.4, -0.2) is 19.0 Å². The molecule has 0 bridgehead atoms. The maximum atomic E-state index is 12.5. The number of rotatable bonds is 2. The number of amides is 1. The number of carbonyl (C=O) groups excluding carboxylic acids is 1. The van der Waals surface area contributed by atoms with Gasteiger partial charge in [-0.3, -0.25) is 4.79 Å². The van der Waals surface area contributed by atoms with Crippen molar-refractivity contribution in [3.8, 4) is 6.07 Å². The van der Waals surface area contributed by atoms with Crippen molar-refractivity contribution in [2.24, 2.45) is 11.7 Å². The Hall–Kier alpha value is -1.86. The van der Waals surface area contributed by atoms with Crippen LogP contribution in [0.5, 0.6) is 0 Å². The minimum absolute atomic E-state index is 0.0231. The van der Waals surface area contributed by atoms with Gasteiger partial charge < -0.3 is 10.6 Å². The lowest BCUT2D eigenvalue weighted by Crippen LogP contribution is -2.44. The summed E-state index contributed by atoms with van der Waals surface area (Å²) in [5.74, 6) is -0.0969. The minimum atomic E-state index is -0.120. The van der Waals surface area contributed by atoms with Gasteiger partial charge in [-0.2, -0.15) is 5.26 Å². The molecular weight excluding hydrogens is 238 g/mol. The van der Waals surface area contributed by atoms with Crippen molar-refractivity contribution < 1.29 is 4.79 Å². The van der Waals surface area contributed by atoms with Crippen LogP contribution in [0.15, 0.2) is 24.3 Å². The van der Waals surface area contributed by atoms with Crippen LogP contribution in [0.4, 0.5) is 5.69 Å². The first kappa shape index (κ1) is 13.6. The molecule has 1 saturated carbocycles. The average Bonchev–Trinajstić information content (AvgIpc) is 2.46. The predicted molar refractivity (Wildman–Crippen MR) is 74.5 cm³/mol. The summed E-state index contributed by atoms with van der Waals surface area (Å²) in [7, 11) is 1.72. The largest absolute Gasteiger partial charge is 0.327 e. The van der Waals surface area contributed by atoms with Crippen molar-refractivity contribution in [1.29, 1.82) is 5.26 Å². The van der Waals surface area contributed by atoms with Gasteiger partial charge in [0.15, 0.2) is 0 Å². The van der Waals surface area contributed by atoms with E-state index in [1.165, 1.54) is 0 Å². The van der Waals surface area contributed by atoms with Gasteiger partial charge in [-0.15, -0.1) is 0 Å². The van der Waals surface area contributed by atoms with E-state index in [-0.39, 0.29) is 17.9 Å².